The van der Waals surface area contributed by atoms with Crippen LogP contribution < -0.4 is 5.32 Å². The molecule has 1 saturated heterocycles. The fraction of sp³-hybridized carbons (Fsp3) is 0.571. The second kappa shape index (κ2) is 5.15. The maximum absolute atomic E-state index is 13.6. The van der Waals surface area contributed by atoms with Crippen molar-refractivity contribution in [3.05, 3.63) is 35.6 Å². The summed E-state index contributed by atoms with van der Waals surface area (Å²) in [5.41, 5.74) is 0.759. The van der Waals surface area contributed by atoms with Gasteiger partial charge in [0, 0.05) is 30.2 Å². The summed E-state index contributed by atoms with van der Waals surface area (Å²) in [6.45, 7) is 5.30. The minimum Gasteiger partial charge on any atom is -0.306 e. The van der Waals surface area contributed by atoms with Crippen molar-refractivity contribution in [2.24, 2.45) is 0 Å². The van der Waals surface area contributed by atoms with Crippen LogP contribution >= 0.6 is 0 Å². The molecule has 1 aromatic carbocycles. The van der Waals surface area contributed by atoms with Gasteiger partial charge in [0.2, 0.25) is 0 Å². The average molecular weight is 236 g/mol. The lowest BCUT2D eigenvalue weighted by Gasteiger charge is -2.20. The molecule has 1 aliphatic rings. The second-order valence-corrected chi connectivity index (χ2v) is 5.13. The Bertz CT molecular complexity index is 370. The van der Waals surface area contributed by atoms with Crippen LogP contribution in [-0.4, -0.2) is 30.6 Å². The number of likely N-dealkylation sites (N-methyl/N-ethyl adjacent to an activating group) is 1. The van der Waals surface area contributed by atoms with Gasteiger partial charge in [-0.25, -0.2) is 4.39 Å². The van der Waals surface area contributed by atoms with Gasteiger partial charge in [0.05, 0.1) is 0 Å². The van der Waals surface area contributed by atoms with Crippen molar-refractivity contribution in [1.82, 2.24) is 10.2 Å². The standard InChI is InChI=1S/C14H21FN2/c1-10-8-12(9-17(10)3)16-11(2)13-6-4-5-7-14(13)15/h4-7,10-12,16H,8-9H2,1-3H3. The van der Waals surface area contributed by atoms with E-state index in [1.54, 1.807) is 6.07 Å². The molecule has 3 heteroatoms. The zero-order valence-corrected chi connectivity index (χ0v) is 10.8. The number of nitrogens with zero attached hydrogens (tertiary/aromatic N) is 1. The molecule has 0 amide bonds. The van der Waals surface area contributed by atoms with Crippen LogP contribution in [0.1, 0.15) is 31.9 Å². The van der Waals surface area contributed by atoms with Gasteiger partial charge in [0.25, 0.3) is 0 Å². The molecule has 1 fully saturated rings. The smallest absolute Gasteiger partial charge is 0.127 e. The number of rotatable bonds is 3. The van der Waals surface area contributed by atoms with Crippen LogP contribution in [0.3, 0.4) is 0 Å². The van der Waals surface area contributed by atoms with Crippen molar-refractivity contribution in [2.45, 2.75) is 38.4 Å². The molecule has 2 nitrogen and oxygen atoms in total. The second-order valence-electron chi connectivity index (χ2n) is 5.13. The van der Waals surface area contributed by atoms with Crippen molar-refractivity contribution in [2.75, 3.05) is 13.6 Å². The third kappa shape index (κ3) is 2.85. The molecule has 0 spiro atoms. The van der Waals surface area contributed by atoms with Gasteiger partial charge in [0.15, 0.2) is 0 Å². The first-order valence-corrected chi connectivity index (χ1v) is 6.28. The topological polar surface area (TPSA) is 15.3 Å². The van der Waals surface area contributed by atoms with E-state index in [2.05, 4.69) is 24.2 Å². The number of benzene rings is 1. The number of hydrogen-bond donors (Lipinski definition) is 1. The maximum atomic E-state index is 13.6. The van der Waals surface area contributed by atoms with Crippen molar-refractivity contribution in [1.29, 1.82) is 0 Å². The Morgan fingerprint density at radius 2 is 2.12 bits per heavy atom. The molecule has 17 heavy (non-hydrogen) atoms. The monoisotopic (exact) mass is 236 g/mol. The summed E-state index contributed by atoms with van der Waals surface area (Å²) in [6, 6.07) is 8.15. The first-order chi connectivity index (χ1) is 8.08. The third-order valence-corrected chi connectivity index (χ3v) is 3.74. The Morgan fingerprint density at radius 1 is 1.41 bits per heavy atom. The zero-order valence-electron chi connectivity index (χ0n) is 10.8. The molecule has 0 radical (unpaired) electrons. The largest absolute Gasteiger partial charge is 0.306 e. The van der Waals surface area contributed by atoms with E-state index in [0.717, 1.165) is 18.5 Å². The van der Waals surface area contributed by atoms with Gasteiger partial charge >= 0.3 is 0 Å². The molecule has 1 aromatic rings. The van der Waals surface area contributed by atoms with Crippen LogP contribution in [0.25, 0.3) is 0 Å². The first-order valence-electron chi connectivity index (χ1n) is 6.28. The molecule has 94 valence electrons. The fourth-order valence-electron chi connectivity index (χ4n) is 2.58. The Labute approximate surface area is 103 Å². The minimum atomic E-state index is -0.119. The van der Waals surface area contributed by atoms with Crippen LogP contribution in [0.15, 0.2) is 24.3 Å². The third-order valence-electron chi connectivity index (χ3n) is 3.74. The maximum Gasteiger partial charge on any atom is 0.127 e. The average Bonchev–Trinajstić information content (AvgIpc) is 2.58. The number of likely N-dealkylation sites (tertiary alicyclic amines) is 1. The molecular formula is C14H21FN2. The number of halogens is 1. The highest BCUT2D eigenvalue weighted by atomic mass is 19.1. The van der Waals surface area contributed by atoms with Gasteiger partial charge in [-0.15, -0.1) is 0 Å². The lowest BCUT2D eigenvalue weighted by molar-refractivity contribution is 0.325. The molecule has 0 aromatic heterocycles. The van der Waals surface area contributed by atoms with Crippen molar-refractivity contribution < 1.29 is 4.39 Å². The van der Waals surface area contributed by atoms with E-state index in [1.165, 1.54) is 6.07 Å². The predicted octanol–water partition coefficient (Wildman–Crippen LogP) is 2.57. The van der Waals surface area contributed by atoms with Crippen LogP contribution in [-0.2, 0) is 0 Å². The fourth-order valence-corrected chi connectivity index (χ4v) is 2.58. The van der Waals surface area contributed by atoms with Gasteiger partial charge in [-0.3, -0.25) is 0 Å². The number of hydrogen-bond acceptors (Lipinski definition) is 2. The van der Waals surface area contributed by atoms with Crippen molar-refractivity contribution in [3.63, 3.8) is 0 Å². The van der Waals surface area contributed by atoms with Gasteiger partial charge in [-0.1, -0.05) is 18.2 Å². The van der Waals surface area contributed by atoms with Crippen molar-refractivity contribution >= 4 is 0 Å². The number of nitrogens with one attached hydrogen (secondary N) is 1. The summed E-state index contributed by atoms with van der Waals surface area (Å²) in [6.07, 6.45) is 1.13. The van der Waals surface area contributed by atoms with E-state index < -0.39 is 0 Å². The van der Waals surface area contributed by atoms with Gasteiger partial charge < -0.3 is 10.2 Å². The van der Waals surface area contributed by atoms with Crippen LogP contribution in [0.5, 0.6) is 0 Å². The highest BCUT2D eigenvalue weighted by Gasteiger charge is 2.27. The molecule has 1 N–H and O–H groups in total. The Morgan fingerprint density at radius 3 is 2.71 bits per heavy atom. The molecule has 0 saturated carbocycles. The summed E-state index contributed by atoms with van der Waals surface area (Å²) in [4.78, 5) is 2.34. The Balaban J connectivity index is 1.98. The molecule has 3 unspecified atom stereocenters. The van der Waals surface area contributed by atoms with E-state index in [-0.39, 0.29) is 11.9 Å². The Kier molecular flexibility index (Phi) is 3.79. The lowest BCUT2D eigenvalue weighted by Crippen LogP contribution is -2.33. The van der Waals surface area contributed by atoms with Gasteiger partial charge in [0.1, 0.15) is 5.82 Å². The minimum absolute atomic E-state index is 0.0694. The summed E-state index contributed by atoms with van der Waals surface area (Å²) in [7, 11) is 2.14. The molecule has 3 atom stereocenters. The summed E-state index contributed by atoms with van der Waals surface area (Å²) in [5.74, 6) is -0.119. The summed E-state index contributed by atoms with van der Waals surface area (Å²) < 4.78 is 13.6. The van der Waals surface area contributed by atoms with Crippen LogP contribution in [0, 0.1) is 5.82 Å². The van der Waals surface area contributed by atoms with Crippen molar-refractivity contribution in [3.8, 4) is 0 Å². The lowest BCUT2D eigenvalue weighted by atomic mass is 10.1. The summed E-state index contributed by atoms with van der Waals surface area (Å²) in [5, 5.41) is 3.52. The molecule has 0 bridgehead atoms. The highest BCUT2D eigenvalue weighted by Crippen LogP contribution is 2.21. The zero-order chi connectivity index (χ0) is 12.4. The van der Waals surface area contributed by atoms with Crippen LogP contribution in [0.4, 0.5) is 4.39 Å². The summed E-state index contributed by atoms with van der Waals surface area (Å²) >= 11 is 0. The van der Waals surface area contributed by atoms with Gasteiger partial charge in [-0.2, -0.15) is 0 Å². The molecule has 1 aliphatic heterocycles. The van der Waals surface area contributed by atoms with E-state index in [9.17, 15) is 4.39 Å². The quantitative estimate of drug-likeness (QED) is 0.867. The normalized spacial score (nSPS) is 27.3. The van der Waals surface area contributed by atoms with E-state index in [1.807, 2.05) is 19.1 Å². The molecule has 1 heterocycles. The van der Waals surface area contributed by atoms with E-state index in [0.29, 0.717) is 12.1 Å². The molecular weight excluding hydrogens is 215 g/mol. The Hall–Kier alpha value is -0.930. The first kappa shape index (κ1) is 12.5. The van der Waals surface area contributed by atoms with E-state index in [4.69, 9.17) is 0 Å². The molecule has 2 rings (SSSR count). The van der Waals surface area contributed by atoms with Gasteiger partial charge in [-0.05, 0) is 33.4 Å². The van der Waals surface area contributed by atoms with E-state index >= 15 is 0 Å². The SMILES string of the molecule is CC(NC1CC(C)N(C)C1)c1ccccc1F. The highest BCUT2D eigenvalue weighted by molar-refractivity contribution is 5.20. The molecule has 0 aliphatic carbocycles. The predicted molar refractivity (Wildman–Crippen MR) is 68.4 cm³/mol. The van der Waals surface area contributed by atoms with Crippen LogP contribution in [0.2, 0.25) is 0 Å².